The Kier molecular flexibility index (Phi) is 7.45. The average molecular weight is 323 g/mol. The molecule has 0 aliphatic heterocycles. The van der Waals surface area contributed by atoms with E-state index >= 15 is 0 Å². The van der Waals surface area contributed by atoms with Crippen LogP contribution in [0, 0.1) is 0 Å². The SMILES string of the molecule is CCSC(=O)[C@H](CCc1ccccc1)NC(=O)OC(C)(C)C. The monoisotopic (exact) mass is 323 g/mol. The van der Waals surface area contributed by atoms with Crippen molar-refractivity contribution >= 4 is 23.0 Å². The molecule has 0 unspecified atom stereocenters. The van der Waals surface area contributed by atoms with Crippen LogP contribution in [-0.2, 0) is 16.0 Å². The van der Waals surface area contributed by atoms with Crippen molar-refractivity contribution in [2.24, 2.45) is 0 Å². The standard InChI is InChI=1S/C17H25NO3S/c1-5-22-15(19)14(18-16(20)21-17(2,3)4)12-11-13-9-7-6-8-10-13/h6-10,14H,5,11-12H2,1-4H3,(H,18,20)/t14-/m0/s1. The van der Waals surface area contributed by atoms with Crippen LogP contribution in [0.5, 0.6) is 0 Å². The zero-order valence-electron chi connectivity index (χ0n) is 13.7. The predicted molar refractivity (Wildman–Crippen MR) is 91.1 cm³/mol. The maximum absolute atomic E-state index is 12.2. The number of carbonyl (C=O) groups is 2. The van der Waals surface area contributed by atoms with E-state index in [1.165, 1.54) is 11.8 Å². The summed E-state index contributed by atoms with van der Waals surface area (Å²) in [6, 6.07) is 9.39. The van der Waals surface area contributed by atoms with Gasteiger partial charge in [0.1, 0.15) is 11.6 Å². The lowest BCUT2D eigenvalue weighted by molar-refractivity contribution is -0.113. The van der Waals surface area contributed by atoms with Gasteiger partial charge in [0.15, 0.2) is 0 Å². The zero-order valence-corrected chi connectivity index (χ0v) is 14.5. The summed E-state index contributed by atoms with van der Waals surface area (Å²) in [6.45, 7) is 7.32. The van der Waals surface area contributed by atoms with Crippen LogP contribution in [0.2, 0.25) is 0 Å². The van der Waals surface area contributed by atoms with Crippen molar-refractivity contribution in [1.82, 2.24) is 5.32 Å². The quantitative estimate of drug-likeness (QED) is 0.865. The highest BCUT2D eigenvalue weighted by molar-refractivity contribution is 8.13. The minimum Gasteiger partial charge on any atom is -0.444 e. The van der Waals surface area contributed by atoms with Crippen molar-refractivity contribution in [2.75, 3.05) is 5.75 Å². The third kappa shape index (κ3) is 7.50. The summed E-state index contributed by atoms with van der Waals surface area (Å²) < 4.78 is 5.24. The Morgan fingerprint density at radius 2 is 1.86 bits per heavy atom. The zero-order chi connectivity index (χ0) is 16.6. The Morgan fingerprint density at radius 3 is 2.41 bits per heavy atom. The first-order valence-corrected chi connectivity index (χ1v) is 8.50. The van der Waals surface area contributed by atoms with E-state index in [1.807, 2.05) is 37.3 Å². The molecular formula is C17H25NO3S. The molecule has 1 aromatic rings. The second kappa shape index (κ2) is 8.83. The molecule has 1 rings (SSSR count). The predicted octanol–water partition coefficient (Wildman–Crippen LogP) is 3.79. The number of aryl methyl sites for hydroxylation is 1. The first-order valence-electron chi connectivity index (χ1n) is 7.52. The maximum atomic E-state index is 12.2. The van der Waals surface area contributed by atoms with Gasteiger partial charge in [-0.3, -0.25) is 4.79 Å². The minimum atomic E-state index is -0.574. The smallest absolute Gasteiger partial charge is 0.408 e. The maximum Gasteiger partial charge on any atom is 0.408 e. The highest BCUT2D eigenvalue weighted by Gasteiger charge is 2.24. The molecule has 22 heavy (non-hydrogen) atoms. The van der Waals surface area contributed by atoms with Crippen LogP contribution < -0.4 is 5.32 Å². The highest BCUT2D eigenvalue weighted by atomic mass is 32.2. The summed E-state index contributed by atoms with van der Waals surface area (Å²) in [4.78, 5) is 24.1. The number of carbonyl (C=O) groups excluding carboxylic acids is 2. The molecule has 122 valence electrons. The van der Waals surface area contributed by atoms with Crippen molar-refractivity contribution in [1.29, 1.82) is 0 Å². The molecule has 0 bridgehead atoms. The number of amides is 1. The molecule has 0 saturated carbocycles. The van der Waals surface area contributed by atoms with Crippen LogP contribution in [-0.4, -0.2) is 28.6 Å². The van der Waals surface area contributed by atoms with Gasteiger partial charge in [0, 0.05) is 0 Å². The Balaban J connectivity index is 2.63. The molecule has 0 aromatic heterocycles. The fourth-order valence-electron chi connectivity index (χ4n) is 1.90. The number of hydrogen-bond donors (Lipinski definition) is 1. The number of alkyl carbamates (subject to hydrolysis) is 1. The Hall–Kier alpha value is -1.49. The molecule has 0 spiro atoms. The van der Waals surface area contributed by atoms with E-state index in [0.717, 1.165) is 12.0 Å². The molecule has 0 radical (unpaired) electrons. The van der Waals surface area contributed by atoms with Gasteiger partial charge >= 0.3 is 6.09 Å². The number of ether oxygens (including phenoxy) is 1. The van der Waals surface area contributed by atoms with Crippen LogP contribution in [0.25, 0.3) is 0 Å². The third-order valence-electron chi connectivity index (χ3n) is 2.83. The average Bonchev–Trinajstić information content (AvgIpc) is 2.42. The molecule has 1 N–H and O–H groups in total. The largest absolute Gasteiger partial charge is 0.444 e. The fraction of sp³-hybridized carbons (Fsp3) is 0.529. The molecule has 1 amide bonds. The first kappa shape index (κ1) is 18.6. The Labute approximate surface area is 137 Å². The van der Waals surface area contributed by atoms with Crippen molar-refractivity contribution in [3.63, 3.8) is 0 Å². The molecule has 1 aromatic carbocycles. The summed E-state index contributed by atoms with van der Waals surface area (Å²) in [5, 5.41) is 2.67. The van der Waals surface area contributed by atoms with Gasteiger partial charge in [0.2, 0.25) is 5.12 Å². The Bertz CT molecular complexity index is 482. The van der Waals surface area contributed by atoms with Gasteiger partial charge in [-0.1, -0.05) is 49.0 Å². The molecule has 1 atom stereocenters. The van der Waals surface area contributed by atoms with Gasteiger partial charge in [0.05, 0.1) is 0 Å². The lowest BCUT2D eigenvalue weighted by Crippen LogP contribution is -2.43. The summed E-state index contributed by atoms with van der Waals surface area (Å²) in [7, 11) is 0. The van der Waals surface area contributed by atoms with E-state index in [1.54, 1.807) is 20.8 Å². The first-order chi connectivity index (χ1) is 10.3. The number of rotatable bonds is 6. The number of thioether (sulfide) groups is 1. The summed E-state index contributed by atoms with van der Waals surface area (Å²) >= 11 is 1.23. The lowest BCUT2D eigenvalue weighted by atomic mass is 10.1. The number of nitrogens with one attached hydrogen (secondary N) is 1. The van der Waals surface area contributed by atoms with Gasteiger partial charge in [-0.25, -0.2) is 4.79 Å². The van der Waals surface area contributed by atoms with E-state index in [-0.39, 0.29) is 5.12 Å². The van der Waals surface area contributed by atoms with E-state index in [0.29, 0.717) is 12.2 Å². The summed E-state index contributed by atoms with van der Waals surface area (Å²) in [6.07, 6.45) is 0.752. The van der Waals surface area contributed by atoms with Crippen molar-refractivity contribution < 1.29 is 14.3 Å². The van der Waals surface area contributed by atoms with Crippen molar-refractivity contribution in [3.8, 4) is 0 Å². The summed E-state index contributed by atoms with van der Waals surface area (Å²) in [5.41, 5.74) is 0.572. The molecule has 0 fully saturated rings. The lowest BCUT2D eigenvalue weighted by Gasteiger charge is -2.23. The molecule has 0 heterocycles. The number of benzene rings is 1. The van der Waals surface area contributed by atoms with Gasteiger partial charge < -0.3 is 10.1 Å². The van der Waals surface area contributed by atoms with E-state index < -0.39 is 17.7 Å². The fourth-order valence-corrected chi connectivity index (χ4v) is 2.56. The van der Waals surface area contributed by atoms with Crippen molar-refractivity contribution in [3.05, 3.63) is 35.9 Å². The topological polar surface area (TPSA) is 55.4 Å². The second-order valence-corrected chi connectivity index (χ2v) is 7.24. The molecule has 0 aliphatic carbocycles. The van der Waals surface area contributed by atoms with Gasteiger partial charge in [0.25, 0.3) is 0 Å². The Morgan fingerprint density at radius 1 is 1.23 bits per heavy atom. The summed E-state index contributed by atoms with van der Waals surface area (Å²) in [5.74, 6) is 0.691. The van der Waals surface area contributed by atoms with E-state index in [4.69, 9.17) is 4.74 Å². The van der Waals surface area contributed by atoms with Crippen LogP contribution >= 0.6 is 11.8 Å². The van der Waals surface area contributed by atoms with Crippen LogP contribution in [0.3, 0.4) is 0 Å². The van der Waals surface area contributed by atoms with Crippen LogP contribution in [0.4, 0.5) is 4.79 Å². The number of hydrogen-bond acceptors (Lipinski definition) is 4. The van der Waals surface area contributed by atoms with Crippen molar-refractivity contribution in [2.45, 2.75) is 52.2 Å². The molecular weight excluding hydrogens is 298 g/mol. The van der Waals surface area contributed by atoms with Gasteiger partial charge in [-0.2, -0.15) is 0 Å². The molecule has 0 aliphatic rings. The molecule has 4 nitrogen and oxygen atoms in total. The molecule has 0 saturated heterocycles. The normalized spacial score (nSPS) is 12.5. The highest BCUT2D eigenvalue weighted by Crippen LogP contribution is 2.13. The molecule has 5 heteroatoms. The minimum absolute atomic E-state index is 0.0238. The van der Waals surface area contributed by atoms with Gasteiger partial charge in [-0.15, -0.1) is 0 Å². The second-order valence-electron chi connectivity index (χ2n) is 5.98. The van der Waals surface area contributed by atoms with Gasteiger partial charge in [-0.05, 0) is 44.9 Å². The van der Waals surface area contributed by atoms with E-state index in [2.05, 4.69) is 5.32 Å². The van der Waals surface area contributed by atoms with Crippen LogP contribution in [0.1, 0.15) is 39.7 Å². The van der Waals surface area contributed by atoms with E-state index in [9.17, 15) is 9.59 Å². The third-order valence-corrected chi connectivity index (χ3v) is 3.68. The van der Waals surface area contributed by atoms with Crippen LogP contribution in [0.15, 0.2) is 30.3 Å².